The number of aryl methyl sites for hydroxylation is 1. The van der Waals surface area contributed by atoms with Gasteiger partial charge in [-0.1, -0.05) is 23.2 Å². The van der Waals surface area contributed by atoms with Crippen LogP contribution in [0.25, 0.3) is 0 Å². The minimum atomic E-state index is -1.67. The SMILES string of the molecule is COc1ccc2c(c1)CCCN2C(=O)c1cc(Oc2c(Cl)cc(NC(=O)C(=O)O)cc2Cl)ccc1O. The maximum absolute atomic E-state index is 13.4. The van der Waals surface area contributed by atoms with Crippen molar-refractivity contribution in [3.63, 3.8) is 0 Å². The number of methoxy groups -OCH3 is 1. The van der Waals surface area contributed by atoms with E-state index < -0.39 is 17.8 Å². The van der Waals surface area contributed by atoms with Crippen molar-refractivity contribution in [1.29, 1.82) is 0 Å². The molecule has 0 atom stereocenters. The van der Waals surface area contributed by atoms with E-state index in [-0.39, 0.29) is 38.5 Å². The number of ether oxygens (including phenoxy) is 2. The number of carbonyl (C=O) groups excluding carboxylic acids is 2. The van der Waals surface area contributed by atoms with Gasteiger partial charge in [-0.25, -0.2) is 4.79 Å². The van der Waals surface area contributed by atoms with Gasteiger partial charge in [-0.2, -0.15) is 0 Å². The van der Waals surface area contributed by atoms with E-state index in [0.717, 1.165) is 24.1 Å². The molecule has 0 unspecified atom stereocenters. The molecule has 11 heteroatoms. The molecule has 0 saturated heterocycles. The van der Waals surface area contributed by atoms with Crippen LogP contribution < -0.4 is 19.7 Å². The van der Waals surface area contributed by atoms with E-state index in [1.165, 1.54) is 30.3 Å². The van der Waals surface area contributed by atoms with Crippen LogP contribution in [0.1, 0.15) is 22.3 Å². The number of nitrogens with zero attached hydrogens (tertiary/aromatic N) is 1. The van der Waals surface area contributed by atoms with Crippen LogP contribution in [-0.2, 0) is 16.0 Å². The standard InChI is InChI=1S/C25H20Cl2N2O7/c1-35-15-4-6-20-13(9-15)3-2-8-29(20)24(32)17-12-16(5-7-21(17)30)36-22-18(26)10-14(11-19(22)27)28-23(31)25(33)34/h4-7,9-12,30H,2-3,8H2,1H3,(H,28,31)(H,33,34). The van der Waals surface area contributed by atoms with Gasteiger partial charge in [0.2, 0.25) is 0 Å². The highest BCUT2D eigenvalue weighted by molar-refractivity contribution is 6.39. The molecule has 186 valence electrons. The summed E-state index contributed by atoms with van der Waals surface area (Å²) in [7, 11) is 1.58. The minimum absolute atomic E-state index is 0.0111. The number of phenolic OH excluding ortho intramolecular Hbond substituents is 1. The normalized spacial score (nSPS) is 12.5. The van der Waals surface area contributed by atoms with Crippen LogP contribution in [0.5, 0.6) is 23.0 Å². The van der Waals surface area contributed by atoms with Crippen molar-refractivity contribution in [2.24, 2.45) is 0 Å². The van der Waals surface area contributed by atoms with Crippen molar-refractivity contribution in [3.8, 4) is 23.0 Å². The molecular formula is C25H20Cl2N2O7. The molecule has 3 aromatic rings. The molecule has 1 aliphatic heterocycles. The van der Waals surface area contributed by atoms with E-state index >= 15 is 0 Å². The monoisotopic (exact) mass is 530 g/mol. The average molecular weight is 531 g/mol. The first-order chi connectivity index (χ1) is 17.2. The molecule has 3 aromatic carbocycles. The summed E-state index contributed by atoms with van der Waals surface area (Å²) in [6, 6.07) is 12.2. The van der Waals surface area contributed by atoms with Crippen LogP contribution in [0, 0.1) is 0 Å². The fraction of sp³-hybridized carbons (Fsp3) is 0.160. The van der Waals surface area contributed by atoms with Crippen molar-refractivity contribution in [2.75, 3.05) is 23.9 Å². The van der Waals surface area contributed by atoms with Gasteiger partial charge in [0.1, 0.15) is 17.2 Å². The zero-order valence-corrected chi connectivity index (χ0v) is 20.4. The van der Waals surface area contributed by atoms with E-state index in [9.17, 15) is 19.5 Å². The lowest BCUT2D eigenvalue weighted by Crippen LogP contribution is -2.35. The maximum atomic E-state index is 13.4. The van der Waals surface area contributed by atoms with Crippen LogP contribution >= 0.6 is 23.2 Å². The third kappa shape index (κ3) is 5.17. The number of aromatic hydroxyl groups is 1. The maximum Gasteiger partial charge on any atom is 0.394 e. The predicted octanol–water partition coefficient (Wildman–Crippen LogP) is 5.12. The Morgan fingerprint density at radius 3 is 2.36 bits per heavy atom. The zero-order chi connectivity index (χ0) is 26.0. The molecule has 4 rings (SSSR count). The van der Waals surface area contributed by atoms with Gasteiger partial charge in [0.25, 0.3) is 5.91 Å². The summed E-state index contributed by atoms with van der Waals surface area (Å²) in [5.74, 6) is -2.66. The largest absolute Gasteiger partial charge is 0.507 e. The van der Waals surface area contributed by atoms with Gasteiger partial charge < -0.3 is 29.9 Å². The molecule has 2 amide bonds. The lowest BCUT2D eigenvalue weighted by molar-refractivity contribution is -0.147. The third-order valence-corrected chi connectivity index (χ3v) is 6.08. The van der Waals surface area contributed by atoms with Gasteiger partial charge >= 0.3 is 11.9 Å². The Kier molecular flexibility index (Phi) is 7.23. The van der Waals surface area contributed by atoms with Crippen molar-refractivity contribution < 1.29 is 34.1 Å². The number of hydrogen-bond donors (Lipinski definition) is 3. The van der Waals surface area contributed by atoms with Crippen LogP contribution in [-0.4, -0.2) is 41.7 Å². The fourth-order valence-electron chi connectivity index (χ4n) is 3.84. The molecule has 36 heavy (non-hydrogen) atoms. The smallest absolute Gasteiger partial charge is 0.394 e. The predicted molar refractivity (Wildman–Crippen MR) is 134 cm³/mol. The quantitative estimate of drug-likeness (QED) is 0.391. The second-order valence-electron chi connectivity index (χ2n) is 7.86. The number of anilines is 2. The highest BCUT2D eigenvalue weighted by atomic mass is 35.5. The number of carboxylic acids is 1. The Bertz CT molecular complexity index is 1350. The number of phenols is 1. The first-order valence-electron chi connectivity index (χ1n) is 10.7. The van der Waals surface area contributed by atoms with Crippen LogP contribution in [0.15, 0.2) is 48.5 Å². The fourth-order valence-corrected chi connectivity index (χ4v) is 4.40. The van der Waals surface area contributed by atoms with E-state index in [0.29, 0.717) is 12.3 Å². The van der Waals surface area contributed by atoms with Crippen molar-refractivity contribution in [3.05, 3.63) is 69.7 Å². The van der Waals surface area contributed by atoms with Gasteiger partial charge in [0.05, 0.1) is 22.7 Å². The highest BCUT2D eigenvalue weighted by Crippen LogP contribution is 2.40. The minimum Gasteiger partial charge on any atom is -0.507 e. The summed E-state index contributed by atoms with van der Waals surface area (Å²) in [5.41, 5.74) is 1.79. The van der Waals surface area contributed by atoms with Gasteiger partial charge in [0, 0.05) is 17.9 Å². The summed E-state index contributed by atoms with van der Waals surface area (Å²) < 4.78 is 11.1. The Hall–Kier alpha value is -3.95. The zero-order valence-electron chi connectivity index (χ0n) is 18.9. The Morgan fingerprint density at radius 1 is 1.00 bits per heavy atom. The first kappa shape index (κ1) is 25.2. The Labute approximate surface area is 215 Å². The lowest BCUT2D eigenvalue weighted by atomic mass is 10.00. The summed E-state index contributed by atoms with van der Waals surface area (Å²) in [5, 5.41) is 21.3. The van der Waals surface area contributed by atoms with E-state index in [2.05, 4.69) is 5.32 Å². The van der Waals surface area contributed by atoms with Crippen LogP contribution in [0.4, 0.5) is 11.4 Å². The van der Waals surface area contributed by atoms with Crippen molar-refractivity contribution >= 4 is 52.4 Å². The molecule has 3 N–H and O–H groups in total. The van der Waals surface area contributed by atoms with Crippen molar-refractivity contribution in [2.45, 2.75) is 12.8 Å². The first-order valence-corrected chi connectivity index (χ1v) is 11.5. The summed E-state index contributed by atoms with van der Waals surface area (Å²) >= 11 is 12.5. The molecule has 0 aromatic heterocycles. The molecule has 0 saturated carbocycles. The molecule has 1 heterocycles. The summed E-state index contributed by atoms with van der Waals surface area (Å²) in [4.78, 5) is 37.1. The molecule has 0 bridgehead atoms. The second-order valence-corrected chi connectivity index (χ2v) is 8.68. The number of carbonyl (C=O) groups is 3. The van der Waals surface area contributed by atoms with Gasteiger partial charge in [-0.3, -0.25) is 9.59 Å². The number of hydrogen-bond acceptors (Lipinski definition) is 6. The molecule has 0 radical (unpaired) electrons. The number of halogens is 2. The number of nitrogens with one attached hydrogen (secondary N) is 1. The van der Waals surface area contributed by atoms with E-state index in [1.54, 1.807) is 18.1 Å². The van der Waals surface area contributed by atoms with Crippen LogP contribution in [0.3, 0.4) is 0 Å². The van der Waals surface area contributed by atoms with Crippen molar-refractivity contribution in [1.82, 2.24) is 0 Å². The van der Waals surface area contributed by atoms with E-state index in [4.69, 9.17) is 37.8 Å². The average Bonchev–Trinajstić information content (AvgIpc) is 2.85. The lowest BCUT2D eigenvalue weighted by Gasteiger charge is -2.30. The van der Waals surface area contributed by atoms with Gasteiger partial charge in [-0.15, -0.1) is 0 Å². The topological polar surface area (TPSA) is 125 Å². The van der Waals surface area contributed by atoms with Gasteiger partial charge in [0.15, 0.2) is 5.75 Å². The highest BCUT2D eigenvalue weighted by Gasteiger charge is 2.26. The molecular weight excluding hydrogens is 511 g/mol. The van der Waals surface area contributed by atoms with Crippen LogP contribution in [0.2, 0.25) is 10.0 Å². The number of aliphatic carboxylic acids is 1. The third-order valence-electron chi connectivity index (χ3n) is 5.52. The number of amides is 2. The summed E-state index contributed by atoms with van der Waals surface area (Å²) in [6.45, 7) is 0.476. The number of benzene rings is 3. The molecule has 0 fully saturated rings. The molecule has 1 aliphatic rings. The summed E-state index contributed by atoms with van der Waals surface area (Å²) in [6.07, 6.45) is 1.55. The Morgan fingerprint density at radius 2 is 1.69 bits per heavy atom. The molecule has 9 nitrogen and oxygen atoms in total. The number of fused-ring (bicyclic) bond motifs is 1. The Balaban J connectivity index is 1.61. The van der Waals surface area contributed by atoms with Gasteiger partial charge in [-0.05, 0) is 66.9 Å². The number of carboxylic acid groups (broad SMARTS) is 1. The molecule has 0 spiro atoms. The molecule has 0 aliphatic carbocycles. The van der Waals surface area contributed by atoms with E-state index in [1.807, 2.05) is 12.1 Å². The second kappa shape index (κ2) is 10.3. The number of rotatable bonds is 5.